The molecule has 0 aliphatic heterocycles. The van der Waals surface area contributed by atoms with Gasteiger partial charge in [0.2, 0.25) is 0 Å². The van der Waals surface area contributed by atoms with Crippen molar-refractivity contribution in [3.8, 4) is 0 Å². The summed E-state index contributed by atoms with van der Waals surface area (Å²) in [5.41, 5.74) is 0. The van der Waals surface area contributed by atoms with Gasteiger partial charge in [-0.15, -0.1) is 0 Å². The first-order chi connectivity index (χ1) is 14.3. The third kappa shape index (κ3) is 73.7. The Morgan fingerprint density at radius 3 is 1.24 bits per heavy atom. The van der Waals surface area contributed by atoms with Crippen LogP contribution < -0.4 is 59.1 Å². The van der Waals surface area contributed by atoms with Gasteiger partial charge in [0, 0.05) is 11.5 Å². The minimum Gasteiger partial charge on any atom is -0.739 e. The minimum atomic E-state index is -4.50. The Kier molecular flexibility index (Phi) is 77.2. The number of aliphatic hydroxyl groups excluding tert-OH is 4. The molecule has 0 aromatic heterocycles. The molecule has 0 aliphatic carbocycles. The van der Waals surface area contributed by atoms with Gasteiger partial charge in [0.15, 0.2) is 0 Å². The third-order valence-corrected chi connectivity index (χ3v) is 12.9. The average molecular weight is 731 g/mol. The molecule has 0 heterocycles. The second-order valence-electron chi connectivity index (χ2n) is 4.84. The van der Waals surface area contributed by atoms with Crippen LogP contribution in [0.1, 0.15) is 49.5 Å². The first kappa shape index (κ1) is 64.1. The zero-order valence-electron chi connectivity index (χ0n) is 18.5. The van der Waals surface area contributed by atoms with E-state index in [1.807, 2.05) is 0 Å². The summed E-state index contributed by atoms with van der Waals surface area (Å²) in [6.07, 6.45) is 1.24. The molecule has 10 nitrogen and oxygen atoms in total. The van der Waals surface area contributed by atoms with Gasteiger partial charge in [0.25, 0.3) is 0 Å². The second kappa shape index (κ2) is 44.5. The number of unbranched alkanes of at least 4 members (excludes halogenated alkanes) is 1. The quantitative estimate of drug-likeness (QED) is 0.0292. The van der Waals surface area contributed by atoms with E-state index in [1.165, 1.54) is 34.4 Å². The monoisotopic (exact) mass is 730 g/mol. The first-order valence-electron chi connectivity index (χ1n) is 8.20. The maximum Gasteiger partial charge on any atom is 1.00 e. The fourth-order valence-electron chi connectivity index (χ4n) is 0.742. The van der Waals surface area contributed by atoms with Crippen LogP contribution in [0, 0.1) is 0 Å². The summed E-state index contributed by atoms with van der Waals surface area (Å²) in [7, 11) is -3.06. The van der Waals surface area contributed by atoms with E-state index < -0.39 is 35.6 Å². The van der Waals surface area contributed by atoms with E-state index in [0.717, 1.165) is 10.8 Å². The Labute approximate surface area is 299 Å². The van der Waals surface area contributed by atoms with Gasteiger partial charge in [0.05, 0.1) is 35.6 Å². The van der Waals surface area contributed by atoms with E-state index in [4.69, 9.17) is 20.4 Å². The van der Waals surface area contributed by atoms with Crippen molar-refractivity contribution in [1.29, 1.82) is 0 Å². The van der Waals surface area contributed by atoms with E-state index in [-0.39, 0.29) is 124 Å². The largest absolute Gasteiger partial charge is 1.00 e. The molecule has 0 saturated heterocycles. The van der Waals surface area contributed by atoms with Crippen LogP contribution in [0.5, 0.6) is 0 Å². The smallest absolute Gasteiger partial charge is 0.739 e. The molecule has 0 rings (SSSR count). The van der Waals surface area contributed by atoms with Crippen molar-refractivity contribution in [3.05, 3.63) is 0 Å². The molecule has 0 aromatic carbocycles. The van der Waals surface area contributed by atoms with Gasteiger partial charge in [-0.2, -0.15) is 12.6 Å². The SMILES string of the molecule is C.C.C.C.CCCCS.O=S(=O)([O-])SCSS(=O)(=O)[O-].OCC(O)CSSCSSCC(O)CO.[Na+].[Na+]. The zero-order valence-corrected chi connectivity index (χ0v) is 29.9. The Balaban J connectivity index is -0.0000000458. The standard InChI is InChI=1S/C7H16O4S4.C4H10S.CH4O6S4.4CH4.2Na/c8-1-6(10)3-12-14-5-15-13-4-7(11)2-9;1-2-3-4-5;2-10(3,4)8-1-9-11(5,6)7;;;;;;/h6-11H,1-5H2;5H,2-4H2,1H3;1H2,(H,2,3,4)(H,5,6,7);4*1H4;;/q;;;;;;;2*+1/p-2. The predicted octanol–water partition coefficient (Wildman–Crippen LogP) is -1.99. The summed E-state index contributed by atoms with van der Waals surface area (Å²) >= 11 is 4.00. The number of thiol groups is 1. The molecule has 2 atom stereocenters. The molecule has 2 unspecified atom stereocenters. The summed E-state index contributed by atoms with van der Waals surface area (Å²) < 4.78 is 58.9. The molecule has 0 aromatic rings. The van der Waals surface area contributed by atoms with Crippen molar-refractivity contribution in [2.24, 2.45) is 0 Å². The maximum atomic E-state index is 9.81. The van der Waals surface area contributed by atoms with Gasteiger partial charge in [-0.05, 0) is 33.8 Å². The molecule has 224 valence electrons. The van der Waals surface area contributed by atoms with Crippen molar-refractivity contribution < 1.29 is 105 Å². The van der Waals surface area contributed by atoms with E-state index in [1.54, 1.807) is 21.6 Å². The van der Waals surface area contributed by atoms with Gasteiger partial charge >= 0.3 is 59.1 Å². The van der Waals surface area contributed by atoms with Crippen molar-refractivity contribution in [2.75, 3.05) is 40.6 Å². The van der Waals surface area contributed by atoms with Gasteiger partial charge in [-0.1, -0.05) is 86.2 Å². The van der Waals surface area contributed by atoms with E-state index in [0.29, 0.717) is 11.5 Å². The van der Waals surface area contributed by atoms with Crippen LogP contribution in [0.3, 0.4) is 0 Å². The van der Waals surface area contributed by atoms with Crippen LogP contribution in [-0.2, 0) is 18.3 Å². The minimum absolute atomic E-state index is 0. The van der Waals surface area contributed by atoms with Gasteiger partial charge in [0.1, 0.15) is 18.3 Å². The van der Waals surface area contributed by atoms with Crippen LogP contribution >= 0.6 is 77.4 Å². The third-order valence-electron chi connectivity index (χ3n) is 2.10. The number of hydrogen-bond donors (Lipinski definition) is 5. The maximum absolute atomic E-state index is 9.81. The molecule has 0 saturated carbocycles. The summed E-state index contributed by atoms with van der Waals surface area (Å²) in [5, 5.41) is 35.3. The Bertz CT molecular complexity index is 544. The van der Waals surface area contributed by atoms with E-state index in [9.17, 15) is 25.9 Å². The van der Waals surface area contributed by atoms with Crippen molar-refractivity contribution in [1.82, 2.24) is 0 Å². The van der Waals surface area contributed by atoms with Gasteiger partial charge < -0.3 is 29.5 Å². The second-order valence-corrected chi connectivity index (χ2v) is 17.6. The average Bonchev–Trinajstić information content (AvgIpc) is 2.66. The van der Waals surface area contributed by atoms with Crippen LogP contribution in [-0.4, -0.2) is 99.2 Å². The molecule has 4 N–H and O–H groups in total. The van der Waals surface area contributed by atoms with Crippen molar-refractivity contribution in [2.45, 2.75) is 61.7 Å². The molecular formula is C16H44Na2O10S9. The molecule has 37 heavy (non-hydrogen) atoms. The fraction of sp³-hybridized carbons (Fsp3) is 1.00. The van der Waals surface area contributed by atoms with Crippen LogP contribution in [0.2, 0.25) is 0 Å². The van der Waals surface area contributed by atoms with E-state index in [2.05, 4.69) is 19.6 Å². The van der Waals surface area contributed by atoms with Crippen molar-refractivity contribution >= 4 is 95.7 Å². The Morgan fingerprint density at radius 1 is 0.730 bits per heavy atom. The molecule has 0 aliphatic rings. The molecule has 0 fully saturated rings. The summed E-state index contributed by atoms with van der Waals surface area (Å²) in [6, 6.07) is 0. The molecular weight excluding hydrogens is 687 g/mol. The predicted molar refractivity (Wildman–Crippen MR) is 166 cm³/mol. The summed E-state index contributed by atoms with van der Waals surface area (Å²) in [5.74, 6) is 2.08. The molecule has 0 spiro atoms. The normalized spacial score (nSPS) is 11.2. The number of hydrogen-bond acceptors (Lipinski definition) is 17. The zero-order chi connectivity index (χ0) is 24.8. The van der Waals surface area contributed by atoms with Crippen LogP contribution in [0.15, 0.2) is 0 Å². The van der Waals surface area contributed by atoms with Gasteiger partial charge in [-0.3, -0.25) is 0 Å². The van der Waals surface area contributed by atoms with Crippen molar-refractivity contribution in [3.63, 3.8) is 0 Å². The molecule has 0 radical (unpaired) electrons. The molecule has 21 heteroatoms. The molecule has 0 amide bonds. The Hall–Kier alpha value is 4.11. The summed E-state index contributed by atoms with van der Waals surface area (Å²) in [4.78, 5) is 0. The summed E-state index contributed by atoms with van der Waals surface area (Å²) in [6.45, 7) is 1.77. The molecule has 0 bridgehead atoms. The van der Waals surface area contributed by atoms with E-state index >= 15 is 0 Å². The fourth-order valence-corrected chi connectivity index (χ4v) is 11.3. The number of aliphatic hydroxyl groups is 4. The van der Waals surface area contributed by atoms with Crippen LogP contribution in [0.25, 0.3) is 0 Å². The van der Waals surface area contributed by atoms with Gasteiger partial charge in [-0.25, -0.2) is 16.8 Å². The Morgan fingerprint density at radius 2 is 1.05 bits per heavy atom. The number of rotatable bonds is 16. The first-order valence-corrected chi connectivity index (χ1v) is 19.6. The topological polar surface area (TPSA) is 195 Å². The van der Waals surface area contributed by atoms with Crippen LogP contribution in [0.4, 0.5) is 0 Å².